The minimum atomic E-state index is -0.168. The number of para-hydroxylation sites is 2. The Kier molecular flexibility index (Phi) is 7.18. The van der Waals surface area contributed by atoms with E-state index in [4.69, 9.17) is 0 Å². The van der Waals surface area contributed by atoms with E-state index in [0.29, 0.717) is 0 Å². The first-order valence-electron chi connectivity index (χ1n) is 20.4. The highest BCUT2D eigenvalue weighted by Crippen LogP contribution is 2.56. The molecule has 2 N–H and O–H groups in total. The Bertz CT molecular complexity index is 3260. The average molecular weight is 744 g/mol. The molecule has 9 aromatic carbocycles. The Balaban J connectivity index is 1.01. The summed E-state index contributed by atoms with van der Waals surface area (Å²) in [4.78, 5) is 0. The second-order valence-corrected chi connectivity index (χ2v) is 16.6. The van der Waals surface area contributed by atoms with Gasteiger partial charge in [-0.15, -0.1) is 0 Å². The molecule has 1 aromatic heterocycles. The second-order valence-electron chi connectivity index (χ2n) is 16.6. The Morgan fingerprint density at radius 3 is 1.95 bits per heavy atom. The van der Waals surface area contributed by atoms with E-state index in [9.17, 15) is 0 Å². The van der Waals surface area contributed by atoms with Gasteiger partial charge in [-0.25, -0.2) is 0 Å². The molecule has 2 atom stereocenters. The summed E-state index contributed by atoms with van der Waals surface area (Å²) in [5, 5.41) is 15.8. The third kappa shape index (κ3) is 4.84. The molecule has 0 saturated carbocycles. The first-order valence-corrected chi connectivity index (χ1v) is 20.4. The molecule has 2 heterocycles. The summed E-state index contributed by atoms with van der Waals surface area (Å²) in [5.74, 6) is 0. The van der Waals surface area contributed by atoms with Gasteiger partial charge >= 0.3 is 0 Å². The van der Waals surface area contributed by atoms with Gasteiger partial charge in [0.2, 0.25) is 0 Å². The molecule has 0 saturated heterocycles. The van der Waals surface area contributed by atoms with Gasteiger partial charge in [-0.1, -0.05) is 166 Å². The van der Waals surface area contributed by atoms with Crippen LogP contribution in [0.1, 0.15) is 53.9 Å². The summed E-state index contributed by atoms with van der Waals surface area (Å²) in [6, 6.07) is 69.4. The number of fused-ring (bicyclic) bond motifs is 12. The standard InChI is InChI=1S/C55H41N3/c1-55(2)47-32-45-41-21-11-13-26-49(41)58(50(45)33-46(47)51-42-22-8-6-19-39(42)40-20-7-9-23-43(40)52(51)55)38-18-14-17-37(31-38)54-56-48-25-12-10-24-44(48)53(57-54)36-29-27-35(28-30-36)34-15-4-3-5-16-34/h3-33,53-54,56-57H,1-2H3. The van der Waals surface area contributed by atoms with Crippen molar-refractivity contribution in [1.29, 1.82) is 0 Å². The first kappa shape index (κ1) is 33.2. The molecule has 0 radical (unpaired) electrons. The van der Waals surface area contributed by atoms with Crippen LogP contribution in [0.15, 0.2) is 188 Å². The van der Waals surface area contributed by atoms with Crippen molar-refractivity contribution in [2.45, 2.75) is 31.5 Å². The summed E-state index contributed by atoms with van der Waals surface area (Å²) < 4.78 is 2.49. The number of hydrogen-bond donors (Lipinski definition) is 2. The fourth-order valence-corrected chi connectivity index (χ4v) is 10.4. The highest BCUT2D eigenvalue weighted by Gasteiger charge is 2.39. The lowest BCUT2D eigenvalue weighted by molar-refractivity contribution is 0.506. The number of nitrogens with zero attached hydrogens (tertiary/aromatic N) is 1. The smallest absolute Gasteiger partial charge is 0.104 e. The predicted molar refractivity (Wildman–Crippen MR) is 243 cm³/mol. The molecule has 1 aliphatic carbocycles. The Morgan fingerprint density at radius 2 is 1.14 bits per heavy atom. The van der Waals surface area contributed by atoms with Crippen LogP contribution in [-0.4, -0.2) is 4.57 Å². The van der Waals surface area contributed by atoms with Crippen molar-refractivity contribution < 1.29 is 0 Å². The van der Waals surface area contributed by atoms with Crippen molar-refractivity contribution in [3.8, 4) is 27.9 Å². The van der Waals surface area contributed by atoms with Crippen LogP contribution < -0.4 is 10.6 Å². The second kappa shape index (κ2) is 12.5. The zero-order valence-electron chi connectivity index (χ0n) is 32.5. The number of hydrogen-bond acceptors (Lipinski definition) is 2. The fourth-order valence-electron chi connectivity index (χ4n) is 10.4. The van der Waals surface area contributed by atoms with E-state index in [0.717, 1.165) is 11.4 Å². The van der Waals surface area contributed by atoms with Crippen LogP contribution in [0.25, 0.3) is 71.3 Å². The van der Waals surface area contributed by atoms with Crippen molar-refractivity contribution in [1.82, 2.24) is 9.88 Å². The fraction of sp³-hybridized carbons (Fsp3) is 0.0909. The molecule has 0 amide bonds. The molecule has 2 unspecified atom stereocenters. The quantitative estimate of drug-likeness (QED) is 0.176. The Labute approximate surface area is 338 Å². The van der Waals surface area contributed by atoms with Crippen LogP contribution in [0, 0.1) is 0 Å². The van der Waals surface area contributed by atoms with Gasteiger partial charge in [-0.2, -0.15) is 0 Å². The van der Waals surface area contributed by atoms with Crippen LogP contribution >= 0.6 is 0 Å². The van der Waals surface area contributed by atoms with E-state index in [1.807, 2.05) is 0 Å². The van der Waals surface area contributed by atoms with Gasteiger partial charge in [0.15, 0.2) is 0 Å². The third-order valence-electron chi connectivity index (χ3n) is 13.0. The Hall–Kier alpha value is -6.94. The molecular formula is C55H41N3. The zero-order chi connectivity index (χ0) is 38.5. The van der Waals surface area contributed by atoms with Crippen LogP contribution in [0.5, 0.6) is 0 Å². The van der Waals surface area contributed by atoms with Gasteiger partial charge in [0.05, 0.1) is 17.1 Å². The van der Waals surface area contributed by atoms with Crippen molar-refractivity contribution in [2.24, 2.45) is 0 Å². The topological polar surface area (TPSA) is 29.0 Å². The van der Waals surface area contributed by atoms with E-state index >= 15 is 0 Å². The van der Waals surface area contributed by atoms with Gasteiger partial charge < -0.3 is 9.88 Å². The summed E-state index contributed by atoms with van der Waals surface area (Å²) in [7, 11) is 0. The normalized spacial score (nSPS) is 16.7. The number of aromatic nitrogens is 1. The lowest BCUT2D eigenvalue weighted by Crippen LogP contribution is -2.37. The van der Waals surface area contributed by atoms with Gasteiger partial charge in [0.1, 0.15) is 6.17 Å². The van der Waals surface area contributed by atoms with Crippen LogP contribution in [0.2, 0.25) is 0 Å². The zero-order valence-corrected chi connectivity index (χ0v) is 32.5. The molecule has 1 aliphatic heterocycles. The molecule has 0 fully saturated rings. The maximum atomic E-state index is 4.01. The largest absolute Gasteiger partial charge is 0.366 e. The number of anilines is 1. The maximum Gasteiger partial charge on any atom is 0.104 e. The molecule has 0 bridgehead atoms. The molecule has 58 heavy (non-hydrogen) atoms. The SMILES string of the molecule is CC1(C)c2cc3c4ccccc4n(-c4cccc(C5Nc6ccccc6C(c6ccc(-c7ccccc7)cc6)N5)c4)c3cc2-c2c1c1ccccc1c1ccccc21. The van der Waals surface area contributed by atoms with Gasteiger partial charge in [0, 0.05) is 27.6 Å². The highest BCUT2D eigenvalue weighted by molar-refractivity contribution is 6.20. The van der Waals surface area contributed by atoms with E-state index < -0.39 is 0 Å². The molecule has 12 rings (SSSR count). The minimum Gasteiger partial charge on any atom is -0.366 e. The summed E-state index contributed by atoms with van der Waals surface area (Å²) in [6.45, 7) is 4.83. The van der Waals surface area contributed by atoms with Crippen molar-refractivity contribution in [2.75, 3.05) is 5.32 Å². The first-order chi connectivity index (χ1) is 28.5. The molecule has 3 nitrogen and oxygen atoms in total. The molecular weight excluding hydrogens is 703 g/mol. The molecule has 10 aromatic rings. The van der Waals surface area contributed by atoms with Gasteiger partial charge in [-0.05, 0) is 108 Å². The van der Waals surface area contributed by atoms with Crippen molar-refractivity contribution in [3.05, 3.63) is 216 Å². The number of rotatable bonds is 4. The van der Waals surface area contributed by atoms with Crippen LogP contribution in [0.4, 0.5) is 5.69 Å². The van der Waals surface area contributed by atoms with E-state index in [-0.39, 0.29) is 17.6 Å². The van der Waals surface area contributed by atoms with Crippen LogP contribution in [-0.2, 0) is 5.41 Å². The van der Waals surface area contributed by atoms with Crippen molar-refractivity contribution >= 4 is 49.0 Å². The van der Waals surface area contributed by atoms with E-state index in [1.54, 1.807) is 0 Å². The lowest BCUT2D eigenvalue weighted by atomic mass is 9.79. The summed E-state index contributed by atoms with van der Waals surface area (Å²) >= 11 is 0. The van der Waals surface area contributed by atoms with Gasteiger partial charge in [-0.3, -0.25) is 5.32 Å². The summed E-state index contributed by atoms with van der Waals surface area (Å²) in [6.07, 6.45) is -0.0988. The molecule has 276 valence electrons. The van der Waals surface area contributed by atoms with E-state index in [2.05, 4.69) is 217 Å². The lowest BCUT2D eigenvalue weighted by Gasteiger charge is -2.35. The summed E-state index contributed by atoms with van der Waals surface area (Å²) in [5.41, 5.74) is 16.2. The van der Waals surface area contributed by atoms with E-state index in [1.165, 1.54) is 93.4 Å². The monoisotopic (exact) mass is 743 g/mol. The minimum absolute atomic E-state index is 0.0288. The maximum absolute atomic E-state index is 4.01. The van der Waals surface area contributed by atoms with Gasteiger partial charge in [0.25, 0.3) is 0 Å². The highest BCUT2D eigenvalue weighted by atomic mass is 15.2. The van der Waals surface area contributed by atoms with Crippen molar-refractivity contribution in [3.63, 3.8) is 0 Å². The number of benzene rings is 9. The molecule has 3 heteroatoms. The third-order valence-corrected chi connectivity index (χ3v) is 13.0. The number of nitrogens with one attached hydrogen (secondary N) is 2. The molecule has 2 aliphatic rings. The Morgan fingerprint density at radius 1 is 0.483 bits per heavy atom. The molecule has 0 spiro atoms. The average Bonchev–Trinajstić information content (AvgIpc) is 3.73. The predicted octanol–water partition coefficient (Wildman–Crippen LogP) is 13.9. The van der Waals surface area contributed by atoms with Crippen LogP contribution in [0.3, 0.4) is 0 Å².